The van der Waals surface area contributed by atoms with E-state index in [0.29, 0.717) is 41.9 Å². The molecule has 0 radical (unpaired) electrons. The van der Waals surface area contributed by atoms with Crippen LogP contribution in [0.4, 0.5) is 0 Å². The monoisotopic (exact) mass is 412 g/mol. The normalized spacial score (nSPS) is 39.8. The zero-order valence-corrected chi connectivity index (χ0v) is 19.9. The van der Waals surface area contributed by atoms with Crippen molar-refractivity contribution in [2.75, 3.05) is 0 Å². The van der Waals surface area contributed by atoms with Gasteiger partial charge in [0.1, 0.15) is 0 Å². The molecule has 0 aromatic heterocycles. The molecule has 2 heteroatoms. The third-order valence-corrected chi connectivity index (χ3v) is 8.71. The molecule has 3 aliphatic rings. The van der Waals surface area contributed by atoms with Crippen molar-refractivity contribution >= 4 is 0 Å². The number of hydrogen-bond acceptors (Lipinski definition) is 2. The molecule has 2 nitrogen and oxygen atoms in total. The van der Waals surface area contributed by atoms with E-state index in [1.54, 1.807) is 5.57 Å². The standard InChI is InChI=1S/C28H44O2/c1-18(2)19(3)9-10-20(4)25-13-14-26-22(8-7-15-28(25,26)6)11-12-23-16-24(29)17-27(30)21(23)5/h9-12,18-20,24-27,29-30H,5,7-8,13-17H2,1-4,6H3/b10-9+,22-11?,23-12?/t19-,20+,24+,25+,26?,27?,28+/m0/s1. The summed E-state index contributed by atoms with van der Waals surface area (Å²) in [4.78, 5) is 0. The minimum atomic E-state index is -0.605. The maximum Gasteiger partial charge on any atom is 0.0811 e. The molecule has 7 atom stereocenters. The van der Waals surface area contributed by atoms with Crippen LogP contribution in [0.3, 0.4) is 0 Å². The number of aliphatic hydroxyl groups excluding tert-OH is 2. The molecule has 0 amide bonds. The molecule has 168 valence electrons. The van der Waals surface area contributed by atoms with Crippen molar-refractivity contribution in [3.8, 4) is 0 Å². The fraction of sp³-hybridized carbons (Fsp3) is 0.714. The summed E-state index contributed by atoms with van der Waals surface area (Å²) in [7, 11) is 0. The van der Waals surface area contributed by atoms with Gasteiger partial charge >= 0.3 is 0 Å². The van der Waals surface area contributed by atoms with Crippen molar-refractivity contribution in [3.05, 3.63) is 47.6 Å². The molecule has 0 heterocycles. The van der Waals surface area contributed by atoms with Crippen LogP contribution >= 0.6 is 0 Å². The first-order valence-corrected chi connectivity index (χ1v) is 12.3. The van der Waals surface area contributed by atoms with E-state index in [9.17, 15) is 10.2 Å². The summed E-state index contributed by atoms with van der Waals surface area (Å²) in [5.41, 5.74) is 3.77. The molecule has 0 saturated heterocycles. The minimum Gasteiger partial charge on any atom is -0.393 e. The van der Waals surface area contributed by atoms with Crippen LogP contribution in [0.25, 0.3) is 0 Å². The number of fused-ring (bicyclic) bond motifs is 1. The van der Waals surface area contributed by atoms with Crippen molar-refractivity contribution in [3.63, 3.8) is 0 Å². The Morgan fingerprint density at radius 2 is 1.80 bits per heavy atom. The van der Waals surface area contributed by atoms with Gasteiger partial charge in [0.15, 0.2) is 0 Å². The lowest BCUT2D eigenvalue weighted by molar-refractivity contribution is 0.0862. The summed E-state index contributed by atoms with van der Waals surface area (Å²) in [6.07, 6.45) is 15.8. The Bertz CT molecular complexity index is 712. The fourth-order valence-electron chi connectivity index (χ4n) is 6.32. The van der Waals surface area contributed by atoms with Crippen molar-refractivity contribution in [1.82, 2.24) is 0 Å². The highest BCUT2D eigenvalue weighted by atomic mass is 16.3. The first kappa shape index (κ1) is 23.5. The number of allylic oxidation sites excluding steroid dienone is 5. The Labute approximate surface area is 184 Å². The van der Waals surface area contributed by atoms with Crippen molar-refractivity contribution < 1.29 is 10.2 Å². The summed E-state index contributed by atoms with van der Waals surface area (Å²) >= 11 is 0. The largest absolute Gasteiger partial charge is 0.393 e. The molecule has 3 rings (SSSR count). The summed E-state index contributed by atoms with van der Waals surface area (Å²) in [5, 5.41) is 20.2. The van der Waals surface area contributed by atoms with Crippen LogP contribution in [0.1, 0.15) is 79.6 Å². The third-order valence-electron chi connectivity index (χ3n) is 8.71. The highest BCUT2D eigenvalue weighted by Crippen LogP contribution is 2.59. The zero-order valence-electron chi connectivity index (χ0n) is 19.9. The molecule has 0 bridgehead atoms. The first-order valence-electron chi connectivity index (χ1n) is 12.3. The number of hydrogen-bond donors (Lipinski definition) is 2. The van der Waals surface area contributed by atoms with E-state index in [1.807, 2.05) is 0 Å². The van der Waals surface area contributed by atoms with Gasteiger partial charge < -0.3 is 10.2 Å². The number of rotatable bonds is 5. The van der Waals surface area contributed by atoms with Gasteiger partial charge in [-0.05, 0) is 84.7 Å². The van der Waals surface area contributed by atoms with Crippen LogP contribution < -0.4 is 0 Å². The molecule has 3 aliphatic carbocycles. The Hall–Kier alpha value is -1.12. The molecular weight excluding hydrogens is 368 g/mol. The van der Waals surface area contributed by atoms with E-state index < -0.39 is 12.2 Å². The van der Waals surface area contributed by atoms with Crippen LogP contribution in [0.5, 0.6) is 0 Å². The van der Waals surface area contributed by atoms with Crippen LogP contribution in [0.2, 0.25) is 0 Å². The topological polar surface area (TPSA) is 40.5 Å². The summed E-state index contributed by atoms with van der Waals surface area (Å²) in [5.74, 6) is 3.38. The summed E-state index contributed by atoms with van der Waals surface area (Å²) in [6, 6.07) is 0. The van der Waals surface area contributed by atoms with Crippen molar-refractivity contribution in [2.45, 2.75) is 91.8 Å². The van der Waals surface area contributed by atoms with Gasteiger partial charge in [-0.15, -0.1) is 0 Å². The van der Waals surface area contributed by atoms with E-state index in [-0.39, 0.29) is 0 Å². The van der Waals surface area contributed by atoms with Gasteiger partial charge in [0.25, 0.3) is 0 Å². The maximum absolute atomic E-state index is 10.1. The molecule has 0 aromatic rings. The van der Waals surface area contributed by atoms with Gasteiger partial charge in [-0.2, -0.15) is 0 Å². The zero-order chi connectivity index (χ0) is 22.1. The lowest BCUT2D eigenvalue weighted by Crippen LogP contribution is -2.35. The van der Waals surface area contributed by atoms with Crippen molar-refractivity contribution in [1.29, 1.82) is 0 Å². The van der Waals surface area contributed by atoms with Gasteiger partial charge in [0.05, 0.1) is 12.2 Å². The lowest BCUT2D eigenvalue weighted by Gasteiger charge is -2.44. The number of aliphatic hydroxyl groups is 2. The molecule has 2 unspecified atom stereocenters. The second kappa shape index (κ2) is 9.57. The molecule has 0 aliphatic heterocycles. The maximum atomic E-state index is 10.1. The van der Waals surface area contributed by atoms with Crippen LogP contribution in [0.15, 0.2) is 47.6 Å². The van der Waals surface area contributed by atoms with E-state index in [2.05, 4.69) is 65.5 Å². The van der Waals surface area contributed by atoms with Gasteiger partial charge in [-0.25, -0.2) is 0 Å². The van der Waals surface area contributed by atoms with E-state index in [1.165, 1.54) is 32.1 Å². The third kappa shape index (κ3) is 4.86. The average Bonchev–Trinajstić information content (AvgIpc) is 3.04. The Kier molecular flexibility index (Phi) is 7.51. The van der Waals surface area contributed by atoms with E-state index in [0.717, 1.165) is 17.1 Å². The van der Waals surface area contributed by atoms with Crippen LogP contribution in [-0.4, -0.2) is 22.4 Å². The predicted molar refractivity (Wildman–Crippen MR) is 127 cm³/mol. The Morgan fingerprint density at radius 3 is 2.50 bits per heavy atom. The van der Waals surface area contributed by atoms with Gasteiger partial charge in [0, 0.05) is 6.42 Å². The average molecular weight is 413 g/mol. The van der Waals surface area contributed by atoms with Crippen LogP contribution in [-0.2, 0) is 0 Å². The molecular formula is C28H44O2. The fourth-order valence-corrected chi connectivity index (χ4v) is 6.32. The summed E-state index contributed by atoms with van der Waals surface area (Å²) in [6.45, 7) is 16.0. The van der Waals surface area contributed by atoms with Gasteiger partial charge in [-0.3, -0.25) is 0 Å². The minimum absolute atomic E-state index is 0.385. The lowest BCUT2D eigenvalue weighted by atomic mass is 9.61. The van der Waals surface area contributed by atoms with Gasteiger partial charge in [-0.1, -0.05) is 71.1 Å². The molecule has 3 saturated carbocycles. The SMILES string of the molecule is C=C1C(=CC=C2CCC[C@@]3(C)C2CC[C@@H]3[C@H](C)/C=C/[C@H](C)C(C)C)C[C@@H](O)CC1O. The predicted octanol–water partition coefficient (Wildman–Crippen LogP) is 6.61. The highest BCUT2D eigenvalue weighted by molar-refractivity contribution is 5.38. The van der Waals surface area contributed by atoms with E-state index in [4.69, 9.17) is 0 Å². The van der Waals surface area contributed by atoms with Gasteiger partial charge in [0.2, 0.25) is 0 Å². The second-order valence-electron chi connectivity index (χ2n) is 11.0. The molecule has 3 fully saturated rings. The molecule has 0 spiro atoms. The first-order chi connectivity index (χ1) is 14.1. The quantitative estimate of drug-likeness (QED) is 0.499. The van der Waals surface area contributed by atoms with Crippen LogP contribution in [0, 0.1) is 35.0 Å². The highest BCUT2D eigenvalue weighted by Gasteiger charge is 2.50. The van der Waals surface area contributed by atoms with Crippen molar-refractivity contribution in [2.24, 2.45) is 35.0 Å². The Morgan fingerprint density at radius 1 is 1.07 bits per heavy atom. The summed E-state index contributed by atoms with van der Waals surface area (Å²) < 4.78 is 0. The second-order valence-corrected chi connectivity index (χ2v) is 11.0. The molecule has 30 heavy (non-hydrogen) atoms. The molecule has 2 N–H and O–H groups in total. The van der Waals surface area contributed by atoms with E-state index >= 15 is 0 Å². The Balaban J connectivity index is 1.76. The smallest absolute Gasteiger partial charge is 0.0811 e. The molecule has 0 aromatic carbocycles.